The van der Waals surface area contributed by atoms with Gasteiger partial charge in [0.25, 0.3) is 0 Å². The van der Waals surface area contributed by atoms with Crippen LogP contribution in [0.3, 0.4) is 0 Å². The zero-order valence-corrected chi connectivity index (χ0v) is 20.9. The summed E-state index contributed by atoms with van der Waals surface area (Å²) in [5, 5.41) is 7.91. The molecule has 1 aliphatic rings. The van der Waals surface area contributed by atoms with Gasteiger partial charge in [0.1, 0.15) is 5.00 Å². The first-order valence-corrected chi connectivity index (χ1v) is 12.4. The van der Waals surface area contributed by atoms with Crippen LogP contribution in [0.1, 0.15) is 61.3 Å². The molecule has 5 nitrogen and oxygen atoms in total. The van der Waals surface area contributed by atoms with Gasteiger partial charge in [-0.1, -0.05) is 11.6 Å². The van der Waals surface area contributed by atoms with Crippen LogP contribution in [0.2, 0.25) is 5.02 Å². The summed E-state index contributed by atoms with van der Waals surface area (Å²) in [5.41, 5.74) is 0.997. The SMILES string of the molecule is COC(=O)c1c(NC(=O)CCCSc2ccc(Cl)cc2)sc2c1CC(C)(C)NC2(C)C. The second-order valence-corrected chi connectivity index (χ2v) is 11.5. The number of fused-ring (bicyclic) bond motifs is 1. The number of carbonyl (C=O) groups is 2. The molecule has 0 aliphatic carbocycles. The van der Waals surface area contributed by atoms with E-state index in [4.69, 9.17) is 16.3 Å². The number of benzene rings is 1. The number of hydrogen-bond acceptors (Lipinski definition) is 6. The van der Waals surface area contributed by atoms with Crippen molar-refractivity contribution in [2.24, 2.45) is 0 Å². The Morgan fingerprint density at radius 1 is 1.23 bits per heavy atom. The molecular formula is C23H29ClN2O3S2. The van der Waals surface area contributed by atoms with Crippen LogP contribution in [0, 0.1) is 0 Å². The van der Waals surface area contributed by atoms with E-state index >= 15 is 0 Å². The summed E-state index contributed by atoms with van der Waals surface area (Å²) < 4.78 is 5.06. The van der Waals surface area contributed by atoms with Crippen LogP contribution in [-0.2, 0) is 21.5 Å². The Labute approximate surface area is 197 Å². The van der Waals surface area contributed by atoms with Crippen molar-refractivity contribution < 1.29 is 14.3 Å². The molecule has 0 radical (unpaired) electrons. The van der Waals surface area contributed by atoms with E-state index in [2.05, 4.69) is 38.3 Å². The average molecular weight is 481 g/mol. The van der Waals surface area contributed by atoms with Crippen LogP contribution in [0.15, 0.2) is 29.2 Å². The van der Waals surface area contributed by atoms with Gasteiger partial charge in [-0.05, 0) is 76.1 Å². The van der Waals surface area contributed by atoms with Crippen molar-refractivity contribution in [3.63, 3.8) is 0 Å². The highest BCUT2D eigenvalue weighted by Gasteiger charge is 2.42. The van der Waals surface area contributed by atoms with Gasteiger partial charge in [-0.25, -0.2) is 4.79 Å². The number of hydrogen-bond donors (Lipinski definition) is 2. The number of thioether (sulfide) groups is 1. The highest BCUT2D eigenvalue weighted by atomic mass is 35.5. The van der Waals surface area contributed by atoms with E-state index in [1.54, 1.807) is 11.8 Å². The Bertz CT molecular complexity index is 968. The van der Waals surface area contributed by atoms with Crippen LogP contribution < -0.4 is 10.6 Å². The first-order chi connectivity index (χ1) is 14.5. The monoisotopic (exact) mass is 480 g/mol. The molecule has 0 bridgehead atoms. The van der Waals surface area contributed by atoms with Gasteiger partial charge < -0.3 is 15.4 Å². The van der Waals surface area contributed by atoms with Crippen molar-refractivity contribution in [2.75, 3.05) is 18.2 Å². The molecule has 168 valence electrons. The number of nitrogens with one attached hydrogen (secondary N) is 2. The number of halogens is 1. The predicted octanol–water partition coefficient (Wildman–Crippen LogP) is 5.86. The summed E-state index contributed by atoms with van der Waals surface area (Å²) in [5.74, 6) is 0.329. The minimum Gasteiger partial charge on any atom is -0.465 e. The van der Waals surface area contributed by atoms with Crippen LogP contribution in [-0.4, -0.2) is 30.3 Å². The highest BCUT2D eigenvalue weighted by Crippen LogP contribution is 2.45. The number of rotatable bonds is 7. The Hall–Kier alpha value is -1.54. The lowest BCUT2D eigenvalue weighted by Gasteiger charge is -2.42. The molecule has 0 spiro atoms. The molecule has 0 atom stereocenters. The topological polar surface area (TPSA) is 67.4 Å². The van der Waals surface area contributed by atoms with Gasteiger partial charge in [0, 0.05) is 32.3 Å². The van der Waals surface area contributed by atoms with Gasteiger partial charge in [-0.2, -0.15) is 0 Å². The minimum atomic E-state index is -0.403. The number of carbonyl (C=O) groups excluding carboxylic acids is 2. The van der Waals surface area contributed by atoms with Gasteiger partial charge in [0.05, 0.1) is 12.7 Å². The maximum absolute atomic E-state index is 12.6. The molecule has 0 saturated carbocycles. The molecule has 0 fully saturated rings. The van der Waals surface area contributed by atoms with Crippen LogP contribution in [0.25, 0.3) is 0 Å². The van der Waals surface area contributed by atoms with E-state index in [1.807, 2.05) is 24.3 Å². The molecule has 8 heteroatoms. The van der Waals surface area contributed by atoms with Gasteiger partial charge in [-0.15, -0.1) is 23.1 Å². The fourth-order valence-corrected chi connectivity index (χ4v) is 6.34. The molecule has 2 N–H and O–H groups in total. The van der Waals surface area contributed by atoms with Crippen LogP contribution in [0.5, 0.6) is 0 Å². The number of amides is 1. The fourth-order valence-electron chi connectivity index (χ4n) is 4.08. The van der Waals surface area contributed by atoms with Crippen molar-refractivity contribution in [2.45, 2.75) is 62.9 Å². The largest absolute Gasteiger partial charge is 0.465 e. The van der Waals surface area contributed by atoms with E-state index in [-0.39, 0.29) is 17.0 Å². The number of ether oxygens (including phenoxy) is 1. The van der Waals surface area contributed by atoms with E-state index in [1.165, 1.54) is 18.4 Å². The first kappa shape index (κ1) is 24.1. The lowest BCUT2D eigenvalue weighted by molar-refractivity contribution is -0.116. The zero-order valence-electron chi connectivity index (χ0n) is 18.6. The van der Waals surface area contributed by atoms with Gasteiger partial charge in [-0.3, -0.25) is 4.79 Å². The zero-order chi connectivity index (χ0) is 22.8. The van der Waals surface area contributed by atoms with Gasteiger partial charge in [0.15, 0.2) is 0 Å². The maximum atomic E-state index is 12.6. The molecule has 2 aromatic rings. The summed E-state index contributed by atoms with van der Waals surface area (Å²) in [4.78, 5) is 27.4. The lowest BCUT2D eigenvalue weighted by Crippen LogP contribution is -2.55. The molecule has 31 heavy (non-hydrogen) atoms. The van der Waals surface area contributed by atoms with Crippen molar-refractivity contribution in [1.82, 2.24) is 5.32 Å². The number of methoxy groups -OCH3 is 1. The van der Waals surface area contributed by atoms with E-state index in [9.17, 15) is 9.59 Å². The third kappa shape index (κ3) is 5.83. The van der Waals surface area contributed by atoms with E-state index in [0.717, 1.165) is 27.5 Å². The third-order valence-corrected chi connectivity index (χ3v) is 7.94. The van der Waals surface area contributed by atoms with Crippen LogP contribution in [0.4, 0.5) is 5.00 Å². The summed E-state index contributed by atoms with van der Waals surface area (Å²) in [6.45, 7) is 8.44. The second-order valence-electron chi connectivity index (χ2n) is 8.87. The van der Waals surface area contributed by atoms with Gasteiger partial charge >= 0.3 is 5.97 Å². The maximum Gasteiger partial charge on any atom is 0.341 e. The average Bonchev–Trinajstić information content (AvgIpc) is 3.03. The quantitative estimate of drug-likeness (QED) is 0.295. The summed E-state index contributed by atoms with van der Waals surface area (Å²) in [7, 11) is 1.38. The number of esters is 1. The molecule has 2 heterocycles. The van der Waals surface area contributed by atoms with Crippen LogP contribution >= 0.6 is 34.7 Å². The molecule has 1 aromatic heterocycles. The first-order valence-electron chi connectivity index (χ1n) is 10.2. The second kappa shape index (κ2) is 9.53. The molecular weight excluding hydrogens is 452 g/mol. The lowest BCUT2D eigenvalue weighted by atomic mass is 9.81. The summed E-state index contributed by atoms with van der Waals surface area (Å²) in [6.07, 6.45) is 1.81. The summed E-state index contributed by atoms with van der Waals surface area (Å²) in [6, 6.07) is 7.68. The standard InChI is InChI=1S/C23H29ClN2O3S2/c1-22(2)13-16-18(21(28)29-5)20(31-19(16)23(3,4)26-22)25-17(27)7-6-12-30-15-10-8-14(24)9-11-15/h8-11,26H,6-7,12-13H2,1-5H3,(H,25,27). The third-order valence-electron chi connectivity index (χ3n) is 5.12. The van der Waals surface area contributed by atoms with Crippen molar-refractivity contribution in [1.29, 1.82) is 0 Å². The minimum absolute atomic E-state index is 0.0921. The normalized spacial score (nSPS) is 16.5. The Kier molecular flexibility index (Phi) is 7.41. The molecule has 1 aromatic carbocycles. The van der Waals surface area contributed by atoms with E-state index in [0.29, 0.717) is 28.4 Å². The Morgan fingerprint density at radius 3 is 2.55 bits per heavy atom. The number of thiophene rings is 1. The molecule has 0 saturated heterocycles. The van der Waals surface area contributed by atoms with Crippen molar-refractivity contribution in [3.8, 4) is 0 Å². The molecule has 0 unspecified atom stereocenters. The fraction of sp³-hybridized carbons (Fsp3) is 0.478. The molecule has 1 amide bonds. The number of anilines is 1. The molecule has 3 rings (SSSR count). The highest BCUT2D eigenvalue weighted by molar-refractivity contribution is 7.99. The summed E-state index contributed by atoms with van der Waals surface area (Å²) >= 11 is 9.07. The van der Waals surface area contributed by atoms with Crippen molar-refractivity contribution >= 4 is 51.6 Å². The van der Waals surface area contributed by atoms with Crippen molar-refractivity contribution in [3.05, 3.63) is 45.3 Å². The van der Waals surface area contributed by atoms with Gasteiger partial charge in [0.2, 0.25) is 5.91 Å². The predicted molar refractivity (Wildman–Crippen MR) is 130 cm³/mol. The molecule has 1 aliphatic heterocycles. The smallest absolute Gasteiger partial charge is 0.341 e. The Balaban J connectivity index is 1.69. The van der Waals surface area contributed by atoms with E-state index < -0.39 is 5.97 Å². The Morgan fingerprint density at radius 2 is 1.90 bits per heavy atom.